The number of sulfonamides is 1. The maximum atomic E-state index is 11.1. The lowest BCUT2D eigenvalue weighted by molar-refractivity contribution is 0.0692. The molecular weight excluding hydrogens is 270 g/mol. The standard InChI is InChI=1S/C12H15NO5S/c1-19(16,17)13-9-4-5-10(12(14)15)11(6-9)18-7-8-2-3-8/h4-6,8,13H,2-3,7H2,1H3,(H,14,15). The van der Waals surface area contributed by atoms with Crippen LogP contribution in [0, 0.1) is 5.92 Å². The summed E-state index contributed by atoms with van der Waals surface area (Å²) in [5.74, 6) is -0.432. The first-order valence-corrected chi connectivity index (χ1v) is 7.72. The third kappa shape index (κ3) is 4.13. The summed E-state index contributed by atoms with van der Waals surface area (Å²) in [5.41, 5.74) is 0.318. The molecule has 0 aliphatic heterocycles. The van der Waals surface area contributed by atoms with Crippen molar-refractivity contribution in [1.82, 2.24) is 0 Å². The summed E-state index contributed by atoms with van der Waals surface area (Å²) in [5, 5.41) is 9.05. The van der Waals surface area contributed by atoms with Crippen molar-refractivity contribution in [3.63, 3.8) is 0 Å². The molecule has 1 aromatic rings. The van der Waals surface area contributed by atoms with E-state index in [1.165, 1.54) is 18.2 Å². The van der Waals surface area contributed by atoms with E-state index in [0.29, 0.717) is 18.2 Å². The van der Waals surface area contributed by atoms with E-state index in [4.69, 9.17) is 9.84 Å². The highest BCUT2D eigenvalue weighted by Gasteiger charge is 2.23. The van der Waals surface area contributed by atoms with Crippen LogP contribution in [0.15, 0.2) is 18.2 Å². The normalized spacial score (nSPS) is 15.0. The van der Waals surface area contributed by atoms with Crippen molar-refractivity contribution in [3.05, 3.63) is 23.8 Å². The molecule has 0 unspecified atom stereocenters. The van der Waals surface area contributed by atoms with Crippen LogP contribution < -0.4 is 9.46 Å². The summed E-state index contributed by atoms with van der Waals surface area (Å²) in [6.45, 7) is 0.461. The van der Waals surface area contributed by atoms with Gasteiger partial charge < -0.3 is 9.84 Å². The molecule has 6 nitrogen and oxygen atoms in total. The van der Waals surface area contributed by atoms with E-state index in [2.05, 4.69) is 4.72 Å². The quantitative estimate of drug-likeness (QED) is 0.827. The lowest BCUT2D eigenvalue weighted by atomic mass is 10.2. The van der Waals surface area contributed by atoms with Crippen LogP contribution in [0.3, 0.4) is 0 Å². The second-order valence-corrected chi connectivity index (χ2v) is 6.39. The number of nitrogens with one attached hydrogen (secondary N) is 1. The second kappa shape index (κ2) is 5.08. The van der Waals surface area contributed by atoms with E-state index in [1.807, 2.05) is 0 Å². The third-order valence-corrected chi connectivity index (χ3v) is 3.29. The predicted molar refractivity (Wildman–Crippen MR) is 70.1 cm³/mol. The number of anilines is 1. The Morgan fingerprint density at radius 3 is 2.68 bits per heavy atom. The SMILES string of the molecule is CS(=O)(=O)Nc1ccc(C(=O)O)c(OCC2CC2)c1. The van der Waals surface area contributed by atoms with Gasteiger partial charge in [0, 0.05) is 6.07 Å². The van der Waals surface area contributed by atoms with Crippen molar-refractivity contribution < 1.29 is 23.1 Å². The summed E-state index contributed by atoms with van der Waals surface area (Å²) >= 11 is 0. The monoisotopic (exact) mass is 285 g/mol. The Labute approximate surface area is 111 Å². The highest BCUT2D eigenvalue weighted by molar-refractivity contribution is 7.92. The first-order chi connectivity index (χ1) is 8.85. The van der Waals surface area contributed by atoms with Gasteiger partial charge in [0.25, 0.3) is 0 Å². The van der Waals surface area contributed by atoms with Crippen LogP contribution in [0.25, 0.3) is 0 Å². The Kier molecular flexibility index (Phi) is 3.66. The average molecular weight is 285 g/mol. The fourth-order valence-corrected chi connectivity index (χ4v) is 2.14. The highest BCUT2D eigenvalue weighted by Crippen LogP contribution is 2.31. The van der Waals surface area contributed by atoms with Gasteiger partial charge in [-0.3, -0.25) is 4.72 Å². The molecule has 1 saturated carbocycles. The van der Waals surface area contributed by atoms with Crippen molar-refractivity contribution in [2.24, 2.45) is 5.92 Å². The van der Waals surface area contributed by atoms with Gasteiger partial charge in [0.15, 0.2) is 0 Å². The summed E-state index contributed by atoms with van der Waals surface area (Å²) in [4.78, 5) is 11.1. The minimum absolute atomic E-state index is 0.0275. The fourth-order valence-electron chi connectivity index (χ4n) is 1.59. The van der Waals surface area contributed by atoms with Crippen LogP contribution in [-0.2, 0) is 10.0 Å². The van der Waals surface area contributed by atoms with Gasteiger partial charge in [0.05, 0.1) is 18.6 Å². The minimum Gasteiger partial charge on any atom is -0.492 e. The van der Waals surface area contributed by atoms with Crippen molar-refractivity contribution >= 4 is 21.7 Å². The molecule has 2 N–H and O–H groups in total. The molecule has 0 spiro atoms. The first-order valence-electron chi connectivity index (χ1n) is 5.83. The molecule has 0 saturated heterocycles. The van der Waals surface area contributed by atoms with Crippen molar-refractivity contribution in [3.8, 4) is 5.75 Å². The van der Waals surface area contributed by atoms with Gasteiger partial charge in [-0.15, -0.1) is 0 Å². The molecule has 2 rings (SSSR count). The van der Waals surface area contributed by atoms with Crippen LogP contribution >= 0.6 is 0 Å². The van der Waals surface area contributed by atoms with Crippen LogP contribution in [0.2, 0.25) is 0 Å². The summed E-state index contributed by atoms with van der Waals surface area (Å²) in [7, 11) is -3.40. The van der Waals surface area contributed by atoms with E-state index in [1.54, 1.807) is 0 Å². The predicted octanol–water partition coefficient (Wildman–Crippen LogP) is 1.55. The van der Waals surface area contributed by atoms with Crippen molar-refractivity contribution in [2.45, 2.75) is 12.8 Å². The number of hydrogen-bond acceptors (Lipinski definition) is 4. The summed E-state index contributed by atoms with van der Waals surface area (Å²) in [6.07, 6.45) is 3.20. The highest BCUT2D eigenvalue weighted by atomic mass is 32.2. The number of aromatic carboxylic acids is 1. The Morgan fingerprint density at radius 2 is 2.16 bits per heavy atom. The zero-order chi connectivity index (χ0) is 14.0. The van der Waals surface area contributed by atoms with E-state index in [-0.39, 0.29) is 11.3 Å². The second-order valence-electron chi connectivity index (χ2n) is 4.64. The van der Waals surface area contributed by atoms with Crippen LogP contribution in [0.5, 0.6) is 5.75 Å². The number of ether oxygens (including phenoxy) is 1. The van der Waals surface area contributed by atoms with Crippen LogP contribution in [0.4, 0.5) is 5.69 Å². The van der Waals surface area contributed by atoms with Gasteiger partial charge in [-0.25, -0.2) is 13.2 Å². The Balaban J connectivity index is 2.23. The number of carbonyl (C=O) groups is 1. The maximum Gasteiger partial charge on any atom is 0.339 e. The molecule has 7 heteroatoms. The molecule has 0 atom stereocenters. The van der Waals surface area contributed by atoms with Gasteiger partial charge in [-0.05, 0) is 30.9 Å². The summed E-state index contributed by atoms with van der Waals surface area (Å²) in [6, 6.07) is 4.12. The van der Waals surface area contributed by atoms with Gasteiger partial charge >= 0.3 is 5.97 Å². The van der Waals surface area contributed by atoms with Crippen LogP contribution in [0.1, 0.15) is 23.2 Å². The molecule has 1 aliphatic rings. The molecule has 0 amide bonds. The lowest BCUT2D eigenvalue weighted by Crippen LogP contribution is -2.11. The van der Waals surface area contributed by atoms with Gasteiger partial charge in [0.2, 0.25) is 10.0 Å². The largest absolute Gasteiger partial charge is 0.492 e. The Hall–Kier alpha value is -1.76. The molecular formula is C12H15NO5S. The molecule has 0 heterocycles. The molecule has 1 aromatic carbocycles. The molecule has 0 bridgehead atoms. The van der Waals surface area contributed by atoms with E-state index >= 15 is 0 Å². The van der Waals surface area contributed by atoms with Crippen LogP contribution in [-0.4, -0.2) is 32.4 Å². The smallest absolute Gasteiger partial charge is 0.339 e. The molecule has 0 aromatic heterocycles. The minimum atomic E-state index is -3.40. The summed E-state index contributed by atoms with van der Waals surface area (Å²) < 4.78 is 30.0. The number of hydrogen-bond donors (Lipinski definition) is 2. The molecule has 0 radical (unpaired) electrons. The topological polar surface area (TPSA) is 92.7 Å². The zero-order valence-corrected chi connectivity index (χ0v) is 11.2. The lowest BCUT2D eigenvalue weighted by Gasteiger charge is -2.11. The van der Waals surface area contributed by atoms with Crippen molar-refractivity contribution in [1.29, 1.82) is 0 Å². The maximum absolute atomic E-state index is 11.1. The number of benzene rings is 1. The van der Waals surface area contributed by atoms with E-state index in [0.717, 1.165) is 19.1 Å². The molecule has 19 heavy (non-hydrogen) atoms. The van der Waals surface area contributed by atoms with Gasteiger partial charge in [-0.2, -0.15) is 0 Å². The zero-order valence-electron chi connectivity index (χ0n) is 10.4. The van der Waals surface area contributed by atoms with E-state index < -0.39 is 16.0 Å². The van der Waals surface area contributed by atoms with Gasteiger partial charge in [0.1, 0.15) is 11.3 Å². The average Bonchev–Trinajstić information content (AvgIpc) is 3.07. The Morgan fingerprint density at radius 1 is 1.47 bits per heavy atom. The van der Waals surface area contributed by atoms with E-state index in [9.17, 15) is 13.2 Å². The van der Waals surface area contributed by atoms with Gasteiger partial charge in [-0.1, -0.05) is 0 Å². The molecule has 1 aliphatic carbocycles. The first kappa shape index (κ1) is 13.7. The molecule has 1 fully saturated rings. The fraction of sp³-hybridized carbons (Fsp3) is 0.417. The molecule has 104 valence electrons. The number of rotatable bonds is 6. The Bertz CT molecular complexity index is 592. The number of carboxylic acid groups (broad SMARTS) is 1. The number of carboxylic acids is 1. The van der Waals surface area contributed by atoms with Crippen molar-refractivity contribution in [2.75, 3.05) is 17.6 Å². The third-order valence-electron chi connectivity index (χ3n) is 2.69.